The van der Waals surface area contributed by atoms with Crippen molar-refractivity contribution in [2.75, 3.05) is 0 Å². The third kappa shape index (κ3) is 3.83. The quantitative estimate of drug-likeness (QED) is 0.883. The Morgan fingerprint density at radius 2 is 1.85 bits per heavy atom. The van der Waals surface area contributed by atoms with Crippen molar-refractivity contribution in [3.63, 3.8) is 0 Å². The molecule has 1 aromatic rings. The number of aryl methyl sites for hydroxylation is 1. The van der Waals surface area contributed by atoms with Gasteiger partial charge in [-0.05, 0) is 58.9 Å². The first kappa shape index (κ1) is 15.5. The first-order valence-corrected chi connectivity index (χ1v) is 7.80. The number of hydrogen-bond acceptors (Lipinski definition) is 2. The molecule has 2 N–H and O–H groups in total. The normalized spacial score (nSPS) is 25.6. The lowest BCUT2D eigenvalue weighted by molar-refractivity contribution is -0.0767. The fraction of sp³-hybridized carbons (Fsp3) is 0.667. The summed E-state index contributed by atoms with van der Waals surface area (Å²) in [5, 5.41) is 0. The standard InChI is InChI=1S/C18H29NO/c1-17(2)13-15(18(3,4)20-17)16(19)12-8-11-14-9-6-5-7-10-14/h5-7,9-10,15-16H,8,11-13,19H2,1-4H3. The Labute approximate surface area is 123 Å². The van der Waals surface area contributed by atoms with E-state index in [0.717, 1.165) is 25.7 Å². The number of benzene rings is 1. The van der Waals surface area contributed by atoms with Crippen molar-refractivity contribution in [3.05, 3.63) is 35.9 Å². The molecule has 0 spiro atoms. The summed E-state index contributed by atoms with van der Waals surface area (Å²) >= 11 is 0. The van der Waals surface area contributed by atoms with Crippen LogP contribution in [0.4, 0.5) is 0 Å². The molecule has 2 atom stereocenters. The molecule has 0 bridgehead atoms. The molecule has 0 radical (unpaired) electrons. The van der Waals surface area contributed by atoms with Gasteiger partial charge in [0.05, 0.1) is 11.2 Å². The lowest BCUT2D eigenvalue weighted by Crippen LogP contribution is -2.41. The van der Waals surface area contributed by atoms with Gasteiger partial charge in [-0.3, -0.25) is 0 Å². The Bertz CT molecular complexity index is 424. The summed E-state index contributed by atoms with van der Waals surface area (Å²) < 4.78 is 6.15. The molecule has 1 heterocycles. The molecule has 2 heteroatoms. The van der Waals surface area contributed by atoms with Gasteiger partial charge in [-0.2, -0.15) is 0 Å². The van der Waals surface area contributed by atoms with Gasteiger partial charge >= 0.3 is 0 Å². The second-order valence-electron chi connectivity index (χ2n) is 7.32. The van der Waals surface area contributed by atoms with E-state index >= 15 is 0 Å². The maximum absolute atomic E-state index is 6.46. The average Bonchev–Trinajstić information content (AvgIpc) is 2.58. The van der Waals surface area contributed by atoms with Crippen LogP contribution < -0.4 is 5.73 Å². The highest BCUT2D eigenvalue weighted by Gasteiger charge is 2.47. The van der Waals surface area contributed by atoms with E-state index in [-0.39, 0.29) is 17.2 Å². The van der Waals surface area contributed by atoms with Gasteiger partial charge in [-0.15, -0.1) is 0 Å². The van der Waals surface area contributed by atoms with Crippen molar-refractivity contribution >= 4 is 0 Å². The minimum Gasteiger partial charge on any atom is -0.369 e. The Balaban J connectivity index is 1.84. The van der Waals surface area contributed by atoms with Crippen molar-refractivity contribution in [3.8, 4) is 0 Å². The molecule has 112 valence electrons. The van der Waals surface area contributed by atoms with Crippen LogP contribution in [0.5, 0.6) is 0 Å². The number of rotatable bonds is 5. The molecule has 2 unspecified atom stereocenters. The number of nitrogens with two attached hydrogens (primary N) is 1. The summed E-state index contributed by atoms with van der Waals surface area (Å²) in [4.78, 5) is 0. The zero-order chi connectivity index (χ0) is 14.8. The van der Waals surface area contributed by atoms with Gasteiger partial charge in [0.1, 0.15) is 0 Å². The van der Waals surface area contributed by atoms with Crippen molar-refractivity contribution in [2.45, 2.75) is 70.6 Å². The van der Waals surface area contributed by atoms with Crippen LogP contribution in [-0.2, 0) is 11.2 Å². The molecular formula is C18H29NO. The first-order chi connectivity index (χ1) is 9.30. The number of hydrogen-bond donors (Lipinski definition) is 1. The molecule has 1 aliphatic rings. The molecule has 0 saturated carbocycles. The molecule has 1 aliphatic heterocycles. The van der Waals surface area contributed by atoms with E-state index < -0.39 is 0 Å². The molecule has 1 aromatic carbocycles. The summed E-state index contributed by atoms with van der Waals surface area (Å²) in [7, 11) is 0. The monoisotopic (exact) mass is 275 g/mol. The molecule has 2 rings (SSSR count). The van der Waals surface area contributed by atoms with Crippen molar-refractivity contribution in [1.82, 2.24) is 0 Å². The highest BCUT2D eigenvalue weighted by atomic mass is 16.5. The third-order valence-corrected chi connectivity index (χ3v) is 4.51. The van der Waals surface area contributed by atoms with E-state index in [4.69, 9.17) is 10.5 Å². The minimum absolute atomic E-state index is 0.0365. The zero-order valence-electron chi connectivity index (χ0n) is 13.4. The second-order valence-corrected chi connectivity index (χ2v) is 7.32. The van der Waals surface area contributed by atoms with E-state index in [2.05, 4.69) is 58.0 Å². The topological polar surface area (TPSA) is 35.2 Å². The fourth-order valence-corrected chi connectivity index (χ4v) is 3.66. The summed E-state index contributed by atoms with van der Waals surface area (Å²) in [5.41, 5.74) is 7.73. The highest BCUT2D eigenvalue weighted by Crippen LogP contribution is 2.43. The van der Waals surface area contributed by atoms with E-state index in [0.29, 0.717) is 5.92 Å². The lowest BCUT2D eigenvalue weighted by atomic mass is 9.80. The Kier molecular flexibility index (Phi) is 4.55. The Morgan fingerprint density at radius 1 is 1.20 bits per heavy atom. The predicted octanol–water partition coefficient (Wildman–Crippen LogP) is 3.93. The molecule has 1 fully saturated rings. The van der Waals surface area contributed by atoms with Crippen LogP contribution in [0.25, 0.3) is 0 Å². The SMILES string of the molecule is CC1(C)CC(C(N)CCCc2ccccc2)C(C)(C)O1. The van der Waals surface area contributed by atoms with Crippen LogP contribution in [0, 0.1) is 5.92 Å². The second kappa shape index (κ2) is 5.87. The van der Waals surface area contributed by atoms with Crippen molar-refractivity contribution in [1.29, 1.82) is 0 Å². The van der Waals surface area contributed by atoms with Gasteiger partial charge in [-0.25, -0.2) is 0 Å². The summed E-state index contributed by atoms with van der Waals surface area (Å²) in [5.74, 6) is 0.452. The maximum atomic E-state index is 6.46. The summed E-state index contributed by atoms with van der Waals surface area (Å²) in [6, 6.07) is 10.9. The van der Waals surface area contributed by atoms with Gasteiger partial charge < -0.3 is 10.5 Å². The minimum atomic E-state index is -0.102. The van der Waals surface area contributed by atoms with Crippen LogP contribution in [0.15, 0.2) is 30.3 Å². The van der Waals surface area contributed by atoms with Gasteiger partial charge in [0.25, 0.3) is 0 Å². The van der Waals surface area contributed by atoms with Crippen LogP contribution in [0.2, 0.25) is 0 Å². The van der Waals surface area contributed by atoms with E-state index in [1.54, 1.807) is 0 Å². The average molecular weight is 275 g/mol. The first-order valence-electron chi connectivity index (χ1n) is 7.80. The van der Waals surface area contributed by atoms with E-state index in [1.807, 2.05) is 0 Å². The third-order valence-electron chi connectivity index (χ3n) is 4.51. The van der Waals surface area contributed by atoms with Crippen LogP contribution >= 0.6 is 0 Å². The summed E-state index contributed by atoms with van der Waals surface area (Å²) in [6.45, 7) is 8.71. The Morgan fingerprint density at radius 3 is 2.40 bits per heavy atom. The molecule has 2 nitrogen and oxygen atoms in total. The molecule has 0 amide bonds. The van der Waals surface area contributed by atoms with Crippen molar-refractivity contribution < 1.29 is 4.74 Å². The zero-order valence-corrected chi connectivity index (χ0v) is 13.4. The summed E-state index contributed by atoms with van der Waals surface area (Å²) in [6.07, 6.45) is 4.40. The lowest BCUT2D eigenvalue weighted by Gasteiger charge is -2.31. The van der Waals surface area contributed by atoms with E-state index in [1.165, 1.54) is 5.56 Å². The van der Waals surface area contributed by atoms with Crippen LogP contribution in [-0.4, -0.2) is 17.2 Å². The van der Waals surface area contributed by atoms with E-state index in [9.17, 15) is 0 Å². The molecule has 0 aromatic heterocycles. The van der Waals surface area contributed by atoms with Gasteiger partial charge in [0.2, 0.25) is 0 Å². The highest BCUT2D eigenvalue weighted by molar-refractivity contribution is 5.14. The van der Waals surface area contributed by atoms with Crippen LogP contribution in [0.3, 0.4) is 0 Å². The molecule has 1 saturated heterocycles. The largest absolute Gasteiger partial charge is 0.369 e. The molecule has 20 heavy (non-hydrogen) atoms. The molecular weight excluding hydrogens is 246 g/mol. The predicted molar refractivity (Wildman–Crippen MR) is 84.7 cm³/mol. The van der Waals surface area contributed by atoms with Gasteiger partial charge in [0.15, 0.2) is 0 Å². The van der Waals surface area contributed by atoms with Crippen LogP contribution in [0.1, 0.15) is 52.5 Å². The fourth-order valence-electron chi connectivity index (χ4n) is 3.66. The van der Waals surface area contributed by atoms with Gasteiger partial charge in [-0.1, -0.05) is 30.3 Å². The maximum Gasteiger partial charge on any atom is 0.0677 e. The molecule has 0 aliphatic carbocycles. The van der Waals surface area contributed by atoms with Crippen molar-refractivity contribution in [2.24, 2.45) is 11.7 Å². The Hall–Kier alpha value is -0.860. The van der Waals surface area contributed by atoms with Gasteiger partial charge in [0, 0.05) is 12.0 Å². The number of ether oxygens (including phenoxy) is 1. The smallest absolute Gasteiger partial charge is 0.0677 e.